The molecule has 1 fully saturated rings. The van der Waals surface area contributed by atoms with E-state index in [1.165, 1.54) is 0 Å². The van der Waals surface area contributed by atoms with E-state index in [9.17, 15) is 14.7 Å². The van der Waals surface area contributed by atoms with Gasteiger partial charge in [-0.1, -0.05) is 12.1 Å². The maximum atomic E-state index is 12.1. The van der Waals surface area contributed by atoms with Crippen molar-refractivity contribution < 1.29 is 24.2 Å². The Balaban J connectivity index is 2.31. The number of carbonyl (C=O) groups is 2. The summed E-state index contributed by atoms with van der Waals surface area (Å²) in [6.45, 7) is 0.764. The van der Waals surface area contributed by atoms with Crippen LogP contribution in [0.1, 0.15) is 18.0 Å². The Morgan fingerprint density at radius 1 is 1.33 bits per heavy atom. The van der Waals surface area contributed by atoms with E-state index in [4.69, 9.17) is 9.47 Å². The first-order valence-corrected chi connectivity index (χ1v) is 6.73. The van der Waals surface area contributed by atoms with Gasteiger partial charge in [0.05, 0.1) is 25.7 Å². The van der Waals surface area contributed by atoms with Crippen LogP contribution in [-0.2, 0) is 14.3 Å². The third kappa shape index (κ3) is 3.16. The maximum Gasteiger partial charge on any atom is 0.309 e. The van der Waals surface area contributed by atoms with Crippen LogP contribution >= 0.6 is 0 Å². The number of nitrogens with zero attached hydrogens (tertiary/aromatic N) is 1. The van der Waals surface area contributed by atoms with Gasteiger partial charge in [0.1, 0.15) is 5.75 Å². The molecule has 1 N–H and O–H groups in total. The molecule has 1 aliphatic heterocycles. The molecule has 21 heavy (non-hydrogen) atoms. The normalized spacial score (nSPS) is 21.6. The monoisotopic (exact) mass is 293 g/mol. The summed E-state index contributed by atoms with van der Waals surface area (Å²) in [5.41, 5.74) is 0.796. The number of benzene rings is 1. The van der Waals surface area contributed by atoms with Gasteiger partial charge in [0.25, 0.3) is 0 Å². The van der Waals surface area contributed by atoms with E-state index < -0.39 is 17.9 Å². The summed E-state index contributed by atoms with van der Waals surface area (Å²) in [4.78, 5) is 25.1. The fourth-order valence-corrected chi connectivity index (χ4v) is 2.68. The third-order valence-electron chi connectivity index (χ3n) is 3.74. The fourth-order valence-electron chi connectivity index (χ4n) is 2.68. The number of carbonyl (C=O) groups excluding carboxylic acids is 1. The first-order chi connectivity index (χ1) is 10.1. The largest absolute Gasteiger partial charge is 0.497 e. The van der Waals surface area contributed by atoms with Crippen molar-refractivity contribution >= 4 is 11.9 Å². The van der Waals surface area contributed by atoms with Gasteiger partial charge in [-0.15, -0.1) is 0 Å². The van der Waals surface area contributed by atoms with Gasteiger partial charge in [-0.05, 0) is 17.7 Å². The Morgan fingerprint density at radius 3 is 2.52 bits per heavy atom. The Bertz CT molecular complexity index is 513. The van der Waals surface area contributed by atoms with E-state index in [0.29, 0.717) is 18.9 Å². The van der Waals surface area contributed by atoms with Gasteiger partial charge in [-0.25, -0.2) is 0 Å². The first kappa shape index (κ1) is 15.3. The molecule has 0 spiro atoms. The lowest BCUT2D eigenvalue weighted by atomic mass is 9.93. The molecule has 1 aromatic rings. The van der Waals surface area contributed by atoms with Gasteiger partial charge in [-0.2, -0.15) is 0 Å². The Labute approximate surface area is 123 Å². The predicted molar refractivity (Wildman–Crippen MR) is 75.1 cm³/mol. The minimum atomic E-state index is -0.955. The van der Waals surface area contributed by atoms with E-state index >= 15 is 0 Å². The van der Waals surface area contributed by atoms with Crippen molar-refractivity contribution in [1.29, 1.82) is 0 Å². The van der Waals surface area contributed by atoms with Gasteiger partial charge in [-0.3, -0.25) is 9.59 Å². The van der Waals surface area contributed by atoms with Gasteiger partial charge >= 0.3 is 5.97 Å². The quantitative estimate of drug-likeness (QED) is 0.856. The minimum Gasteiger partial charge on any atom is -0.497 e. The summed E-state index contributed by atoms with van der Waals surface area (Å²) in [5.74, 6) is -1.15. The minimum absolute atomic E-state index is 0.0236. The average Bonchev–Trinajstić information content (AvgIpc) is 2.82. The van der Waals surface area contributed by atoms with Crippen LogP contribution in [-0.4, -0.2) is 49.3 Å². The van der Waals surface area contributed by atoms with E-state index in [1.54, 1.807) is 43.4 Å². The van der Waals surface area contributed by atoms with Crippen LogP contribution in [0.4, 0.5) is 0 Å². The molecule has 0 aromatic heterocycles. The summed E-state index contributed by atoms with van der Waals surface area (Å²) in [6.07, 6.45) is 0.0236. The second-order valence-corrected chi connectivity index (χ2v) is 4.95. The standard InChI is InChI=1S/C15H19NO5/c1-20-8-7-16-13(17)9-12(15(18)19)14(16)10-3-5-11(21-2)6-4-10/h3-6,12,14H,7-9H2,1-2H3,(H,18,19)/t12-,14-/m1/s1. The number of hydrogen-bond donors (Lipinski definition) is 1. The molecule has 2 atom stereocenters. The molecule has 1 aromatic carbocycles. The van der Waals surface area contributed by atoms with Gasteiger partial charge < -0.3 is 19.5 Å². The highest BCUT2D eigenvalue weighted by atomic mass is 16.5. The molecule has 0 radical (unpaired) electrons. The molecule has 1 saturated heterocycles. The lowest BCUT2D eigenvalue weighted by molar-refractivity contribution is -0.142. The Kier molecular flexibility index (Phi) is 4.80. The van der Waals surface area contributed by atoms with Crippen molar-refractivity contribution in [2.24, 2.45) is 5.92 Å². The molecular formula is C15H19NO5. The fraction of sp³-hybridized carbons (Fsp3) is 0.467. The molecule has 0 bridgehead atoms. The van der Waals surface area contributed by atoms with Crippen molar-refractivity contribution in [3.63, 3.8) is 0 Å². The molecular weight excluding hydrogens is 274 g/mol. The second kappa shape index (κ2) is 6.58. The Hall–Kier alpha value is -2.08. The highest BCUT2D eigenvalue weighted by molar-refractivity contribution is 5.87. The molecule has 1 amide bonds. The Morgan fingerprint density at radius 2 is 2.00 bits per heavy atom. The number of methoxy groups -OCH3 is 2. The zero-order valence-electron chi connectivity index (χ0n) is 12.1. The lowest BCUT2D eigenvalue weighted by Gasteiger charge is -2.27. The van der Waals surface area contributed by atoms with Gasteiger partial charge in [0.15, 0.2) is 0 Å². The topological polar surface area (TPSA) is 76.1 Å². The van der Waals surface area contributed by atoms with Gasteiger partial charge in [0.2, 0.25) is 5.91 Å². The van der Waals surface area contributed by atoms with E-state index in [-0.39, 0.29) is 12.3 Å². The predicted octanol–water partition coefficient (Wildman–Crippen LogP) is 1.32. The van der Waals surface area contributed by atoms with Crippen LogP contribution in [0.3, 0.4) is 0 Å². The van der Waals surface area contributed by atoms with Crippen molar-refractivity contribution in [2.45, 2.75) is 12.5 Å². The van der Waals surface area contributed by atoms with Crippen molar-refractivity contribution in [1.82, 2.24) is 4.90 Å². The number of carboxylic acids is 1. The zero-order valence-corrected chi connectivity index (χ0v) is 12.1. The average molecular weight is 293 g/mol. The summed E-state index contributed by atoms with van der Waals surface area (Å²) in [5, 5.41) is 9.37. The number of aliphatic carboxylic acids is 1. The molecule has 0 unspecified atom stereocenters. The maximum absolute atomic E-state index is 12.1. The molecule has 1 heterocycles. The second-order valence-electron chi connectivity index (χ2n) is 4.95. The number of amides is 1. The molecule has 0 aliphatic carbocycles. The van der Waals surface area contributed by atoms with E-state index in [0.717, 1.165) is 5.56 Å². The highest BCUT2D eigenvalue weighted by Crippen LogP contribution is 2.38. The number of likely N-dealkylation sites (tertiary alicyclic amines) is 1. The van der Waals surface area contributed by atoms with Crippen LogP contribution in [0.25, 0.3) is 0 Å². The summed E-state index contributed by atoms with van der Waals surface area (Å²) >= 11 is 0. The molecule has 6 heteroatoms. The van der Waals surface area contributed by atoms with Crippen LogP contribution in [0, 0.1) is 5.92 Å². The SMILES string of the molecule is COCCN1C(=O)C[C@@H](C(=O)O)[C@H]1c1ccc(OC)cc1. The molecule has 2 rings (SSSR count). The van der Waals surface area contributed by atoms with Crippen LogP contribution in [0.15, 0.2) is 24.3 Å². The lowest BCUT2D eigenvalue weighted by Crippen LogP contribution is -2.33. The van der Waals surface area contributed by atoms with Crippen LogP contribution in [0.2, 0.25) is 0 Å². The zero-order chi connectivity index (χ0) is 15.4. The van der Waals surface area contributed by atoms with Crippen LogP contribution in [0.5, 0.6) is 5.75 Å². The van der Waals surface area contributed by atoms with Crippen molar-refractivity contribution in [3.05, 3.63) is 29.8 Å². The van der Waals surface area contributed by atoms with E-state index in [2.05, 4.69) is 0 Å². The highest BCUT2D eigenvalue weighted by Gasteiger charge is 2.44. The molecule has 0 saturated carbocycles. The molecule has 1 aliphatic rings. The van der Waals surface area contributed by atoms with Crippen molar-refractivity contribution in [3.8, 4) is 5.75 Å². The number of rotatable bonds is 6. The summed E-state index contributed by atoms with van der Waals surface area (Å²) in [7, 11) is 3.12. The first-order valence-electron chi connectivity index (χ1n) is 6.73. The van der Waals surface area contributed by atoms with Gasteiger partial charge in [0, 0.05) is 20.1 Å². The molecule has 114 valence electrons. The number of ether oxygens (including phenoxy) is 2. The third-order valence-corrected chi connectivity index (χ3v) is 3.74. The molecule has 6 nitrogen and oxygen atoms in total. The summed E-state index contributed by atoms with van der Waals surface area (Å²) < 4.78 is 10.1. The van der Waals surface area contributed by atoms with Crippen LogP contribution < -0.4 is 4.74 Å². The number of carboxylic acid groups (broad SMARTS) is 1. The number of hydrogen-bond acceptors (Lipinski definition) is 4. The smallest absolute Gasteiger partial charge is 0.309 e. The summed E-state index contributed by atoms with van der Waals surface area (Å²) in [6, 6.07) is 6.68. The van der Waals surface area contributed by atoms with Crippen molar-refractivity contribution in [2.75, 3.05) is 27.4 Å². The van der Waals surface area contributed by atoms with E-state index in [1.807, 2.05) is 0 Å².